The smallest absolute Gasteiger partial charge is 0.391 e. The van der Waals surface area contributed by atoms with Crippen molar-refractivity contribution in [3.63, 3.8) is 0 Å². The van der Waals surface area contributed by atoms with Crippen LogP contribution < -0.4 is 4.86 Å². The Hall–Kier alpha value is 0.290. The molecule has 0 aromatic heterocycles. The molecule has 13 nitrogen and oxygen atoms in total. The molecule has 0 bridgehead atoms. The van der Waals surface area contributed by atoms with Gasteiger partial charge in [-0.25, -0.2) is 13.7 Å². The van der Waals surface area contributed by atoms with Crippen LogP contribution in [0.2, 0.25) is 0 Å². The fraction of sp³-hybridized carbons (Fsp3) is 1.00. The first-order chi connectivity index (χ1) is 9.15. The van der Waals surface area contributed by atoms with Crippen LogP contribution in [0.25, 0.3) is 0 Å². The molecule has 0 aliphatic rings. The van der Waals surface area contributed by atoms with E-state index in [-0.39, 0.29) is 0 Å². The van der Waals surface area contributed by atoms with Gasteiger partial charge in [0.15, 0.2) is 0 Å². The minimum Gasteiger partial charge on any atom is -0.391 e. The lowest BCUT2D eigenvalue weighted by atomic mass is 10.1. The van der Waals surface area contributed by atoms with Crippen molar-refractivity contribution in [2.75, 3.05) is 6.61 Å². The van der Waals surface area contributed by atoms with Gasteiger partial charge in [-0.3, -0.25) is 4.52 Å². The third-order valence-electron chi connectivity index (χ3n) is 1.77. The van der Waals surface area contributed by atoms with Gasteiger partial charge >= 0.3 is 23.3 Å². The van der Waals surface area contributed by atoms with E-state index in [9.17, 15) is 18.8 Å². The first-order valence-corrected chi connectivity index (χ1v) is 9.74. The lowest BCUT2D eigenvalue weighted by Gasteiger charge is -2.22. The predicted molar refractivity (Wildman–Crippen MR) is 65.6 cm³/mol. The Morgan fingerprint density at radius 3 is 1.90 bits per heavy atom. The van der Waals surface area contributed by atoms with Crippen LogP contribution in [-0.2, 0) is 22.5 Å². The monoisotopic (exact) mass is 375 g/mol. The first-order valence-electron chi connectivity index (χ1n) is 5.06. The summed E-state index contributed by atoms with van der Waals surface area (Å²) in [4.78, 5) is 35.5. The largest absolute Gasteiger partial charge is 0.480 e. The molecule has 8 N–H and O–H groups in total. The van der Waals surface area contributed by atoms with E-state index in [4.69, 9.17) is 29.8 Å². The zero-order valence-electron chi connectivity index (χ0n) is 10.5. The quantitative estimate of drug-likeness (QED) is 0.204. The summed E-state index contributed by atoms with van der Waals surface area (Å²) in [7, 11) is -15.9. The topological polar surface area (TPSA) is 223 Å². The van der Waals surface area contributed by atoms with Gasteiger partial charge < -0.3 is 34.9 Å². The van der Waals surface area contributed by atoms with Crippen LogP contribution in [0.1, 0.15) is 6.92 Å². The number of hydrogen-bond donors (Lipinski definition) is 8. The zero-order valence-corrected chi connectivity index (χ0v) is 13.1. The fourth-order valence-corrected chi connectivity index (χ4v) is 4.38. The van der Waals surface area contributed by atoms with E-state index in [0.29, 0.717) is 0 Å². The second-order valence-electron chi connectivity index (χ2n) is 3.81. The molecular weight excluding hydrogens is 359 g/mol. The summed E-state index contributed by atoms with van der Waals surface area (Å²) < 4.78 is 40.5. The van der Waals surface area contributed by atoms with Gasteiger partial charge in [-0.05, 0) is 6.92 Å². The SMILES string of the molecule is C[C@@H](O)C(O)[C@H](O)COP(=O)(O)OP(=O)(O)NP(=O)(O)O. The second kappa shape index (κ2) is 7.71. The maximum Gasteiger partial charge on any atom is 0.480 e. The number of phosphoric ester groups is 1. The first kappa shape index (κ1) is 21.3. The van der Waals surface area contributed by atoms with Crippen LogP contribution in [0.4, 0.5) is 0 Å². The maximum atomic E-state index is 11.2. The molecule has 5 atom stereocenters. The Bertz CT molecular complexity index is 474. The minimum absolute atomic E-state index is 0.772. The molecule has 0 spiro atoms. The number of aliphatic hydroxyl groups is 3. The summed E-state index contributed by atoms with van der Waals surface area (Å²) in [6, 6.07) is 0. The number of hydrogen-bond acceptors (Lipinski definition) is 8. The van der Waals surface area contributed by atoms with Crippen molar-refractivity contribution >= 4 is 23.3 Å². The summed E-state index contributed by atoms with van der Waals surface area (Å²) in [5.41, 5.74) is 0. The number of nitrogens with one attached hydrogen (secondary N) is 1. The standard InChI is InChI=1S/C5H16NO12P3/c1-3(7)5(9)4(8)2-17-21(15,16)18-20(13,14)6-19(10,11)12/h3-5,7-9H,2H2,1H3,(H,15,16)(H4,6,10,11,12,13,14)/t3-,4-,5?/m1/s1. The van der Waals surface area contributed by atoms with Gasteiger partial charge in [0.25, 0.3) is 0 Å². The Labute approximate surface area is 118 Å². The number of aliphatic hydroxyl groups excluding tert-OH is 3. The van der Waals surface area contributed by atoms with E-state index in [0.717, 1.165) is 11.8 Å². The van der Waals surface area contributed by atoms with Crippen molar-refractivity contribution in [1.82, 2.24) is 4.86 Å². The summed E-state index contributed by atoms with van der Waals surface area (Å²) >= 11 is 0. The van der Waals surface area contributed by atoms with Gasteiger partial charge in [0.2, 0.25) is 0 Å². The second-order valence-corrected chi connectivity index (χ2v) is 8.59. The van der Waals surface area contributed by atoms with Crippen molar-refractivity contribution in [1.29, 1.82) is 0 Å². The third-order valence-corrected chi connectivity index (χ3v) is 6.01. The van der Waals surface area contributed by atoms with Gasteiger partial charge in [-0.1, -0.05) is 0 Å². The maximum absolute atomic E-state index is 11.2. The van der Waals surface area contributed by atoms with E-state index < -0.39 is 48.2 Å². The average Bonchev–Trinajstić information content (AvgIpc) is 2.19. The minimum atomic E-state index is -5.38. The van der Waals surface area contributed by atoms with Crippen molar-refractivity contribution < 1.29 is 57.4 Å². The highest BCUT2D eigenvalue weighted by Crippen LogP contribution is 2.61. The van der Waals surface area contributed by atoms with Gasteiger partial charge in [0.1, 0.15) is 12.2 Å². The summed E-state index contributed by atoms with van der Waals surface area (Å²) in [5, 5.41) is 27.3. The molecule has 21 heavy (non-hydrogen) atoms. The molecule has 0 fully saturated rings. The normalized spacial score (nSPS) is 22.9. The Balaban J connectivity index is 4.61. The molecule has 3 unspecified atom stereocenters. The van der Waals surface area contributed by atoms with Crippen LogP contribution in [0.15, 0.2) is 0 Å². The molecule has 0 aromatic carbocycles. The van der Waals surface area contributed by atoms with E-state index in [1.54, 1.807) is 0 Å². The molecule has 0 saturated carbocycles. The highest BCUT2D eigenvalue weighted by molar-refractivity contribution is 7.70. The molecular formula is C5H16NO12P3. The molecule has 0 amide bonds. The molecule has 0 aliphatic heterocycles. The fourth-order valence-electron chi connectivity index (χ4n) is 0.937. The molecule has 0 saturated heterocycles. The molecule has 0 aromatic rings. The summed E-state index contributed by atoms with van der Waals surface area (Å²) in [6.45, 7) is 0.0323. The number of phosphoric acid groups is 1. The number of rotatable bonds is 9. The lowest BCUT2D eigenvalue weighted by molar-refractivity contribution is -0.0687. The van der Waals surface area contributed by atoms with Crippen molar-refractivity contribution in [3.8, 4) is 0 Å². The Morgan fingerprint density at radius 2 is 1.52 bits per heavy atom. The van der Waals surface area contributed by atoms with Crippen LogP contribution in [-0.4, -0.2) is 59.8 Å². The Kier molecular flexibility index (Phi) is 7.82. The van der Waals surface area contributed by atoms with Gasteiger partial charge in [0, 0.05) is 0 Å². The van der Waals surface area contributed by atoms with E-state index in [1.165, 1.54) is 0 Å². The van der Waals surface area contributed by atoms with Gasteiger partial charge in [-0.2, -0.15) is 4.31 Å². The summed E-state index contributed by atoms with van der Waals surface area (Å²) in [5.74, 6) is 0. The average molecular weight is 375 g/mol. The van der Waals surface area contributed by atoms with Crippen LogP contribution in [0.3, 0.4) is 0 Å². The Morgan fingerprint density at radius 1 is 1.05 bits per heavy atom. The molecule has 16 heteroatoms. The third kappa shape index (κ3) is 9.82. The van der Waals surface area contributed by atoms with Crippen molar-refractivity contribution in [2.24, 2.45) is 0 Å². The van der Waals surface area contributed by atoms with Crippen LogP contribution in [0.5, 0.6) is 0 Å². The molecule has 0 rings (SSSR count). The van der Waals surface area contributed by atoms with E-state index >= 15 is 0 Å². The van der Waals surface area contributed by atoms with Gasteiger partial charge in [0.05, 0.1) is 12.7 Å². The lowest BCUT2D eigenvalue weighted by Crippen LogP contribution is -2.38. The van der Waals surface area contributed by atoms with Gasteiger partial charge in [-0.15, -0.1) is 4.86 Å². The zero-order chi connectivity index (χ0) is 17.1. The highest BCUT2D eigenvalue weighted by Gasteiger charge is 2.39. The van der Waals surface area contributed by atoms with Crippen LogP contribution in [0, 0.1) is 0 Å². The summed E-state index contributed by atoms with van der Waals surface area (Å²) in [6.07, 6.45) is -4.97. The van der Waals surface area contributed by atoms with Crippen molar-refractivity contribution in [2.45, 2.75) is 25.2 Å². The van der Waals surface area contributed by atoms with Crippen molar-refractivity contribution in [3.05, 3.63) is 0 Å². The molecule has 128 valence electrons. The van der Waals surface area contributed by atoms with E-state index in [1.807, 2.05) is 0 Å². The van der Waals surface area contributed by atoms with Crippen LogP contribution >= 0.6 is 23.3 Å². The molecule has 0 heterocycles. The predicted octanol–water partition coefficient (Wildman–Crippen LogP) is -1.99. The molecule has 0 aliphatic carbocycles. The van der Waals surface area contributed by atoms with E-state index in [2.05, 4.69) is 8.83 Å². The highest BCUT2D eigenvalue weighted by atomic mass is 31.3. The molecule has 0 radical (unpaired) electrons.